The standard InChI is InChI=1S/C24H20OPS/c1-19-15-17-22(18-16-19)27(25)24-14-8-13-23(24)26(20-9-4-2-5-10-20)21-11-6-3-7-12-21/h2-18H,1H3/t27-/m0/s1. The van der Waals surface area contributed by atoms with E-state index in [0.29, 0.717) is 0 Å². The van der Waals surface area contributed by atoms with E-state index in [1.807, 2.05) is 56.2 Å². The second kappa shape index (κ2) is 8.50. The molecular weight excluding hydrogens is 367 g/mol. The molecule has 1 saturated carbocycles. The maximum Gasteiger partial charge on any atom is 0.0840 e. The zero-order chi connectivity index (χ0) is 18.6. The van der Waals surface area contributed by atoms with E-state index >= 15 is 0 Å². The average molecular weight is 387 g/mol. The lowest BCUT2D eigenvalue weighted by molar-refractivity contribution is 0.684. The Morgan fingerprint density at radius 2 is 1.26 bits per heavy atom. The molecule has 0 bridgehead atoms. The van der Waals surface area contributed by atoms with Crippen molar-refractivity contribution in [3.63, 3.8) is 0 Å². The first-order chi connectivity index (χ1) is 13.2. The van der Waals surface area contributed by atoms with Gasteiger partial charge < -0.3 is 0 Å². The van der Waals surface area contributed by atoms with E-state index in [1.54, 1.807) is 0 Å². The first-order valence-electron chi connectivity index (χ1n) is 8.88. The van der Waals surface area contributed by atoms with Crippen LogP contribution in [0, 0.1) is 37.1 Å². The molecule has 0 aliphatic heterocycles. The molecule has 1 aliphatic rings. The van der Waals surface area contributed by atoms with Crippen LogP contribution in [-0.2, 0) is 10.8 Å². The summed E-state index contributed by atoms with van der Waals surface area (Å²) in [6, 6.07) is 29.0. The predicted molar refractivity (Wildman–Crippen MR) is 116 cm³/mol. The van der Waals surface area contributed by atoms with Crippen molar-refractivity contribution >= 4 is 29.3 Å². The second-order valence-electron chi connectivity index (χ2n) is 6.36. The van der Waals surface area contributed by atoms with Gasteiger partial charge in [0.25, 0.3) is 0 Å². The Bertz CT molecular complexity index is 853. The van der Waals surface area contributed by atoms with Gasteiger partial charge in [-0.2, -0.15) is 0 Å². The Balaban J connectivity index is 1.70. The van der Waals surface area contributed by atoms with Crippen molar-refractivity contribution in [2.75, 3.05) is 0 Å². The molecule has 1 atom stereocenters. The van der Waals surface area contributed by atoms with E-state index in [1.165, 1.54) is 21.8 Å². The first-order valence-corrected chi connectivity index (χ1v) is 11.4. The molecule has 0 unspecified atom stereocenters. The molecule has 0 heterocycles. The first kappa shape index (κ1) is 18.6. The molecule has 1 fully saturated rings. The third-order valence-electron chi connectivity index (χ3n) is 4.46. The topological polar surface area (TPSA) is 17.1 Å². The normalized spacial score (nSPS) is 16.7. The third kappa shape index (κ3) is 4.08. The van der Waals surface area contributed by atoms with E-state index in [-0.39, 0.29) is 0 Å². The summed E-state index contributed by atoms with van der Waals surface area (Å²) < 4.78 is 13.3. The Labute approximate surface area is 166 Å². The number of hydrogen-bond donors (Lipinski definition) is 0. The van der Waals surface area contributed by atoms with Crippen LogP contribution in [0.4, 0.5) is 0 Å². The maximum absolute atomic E-state index is 13.3. The summed E-state index contributed by atoms with van der Waals surface area (Å²) in [6.07, 6.45) is 6.16. The summed E-state index contributed by atoms with van der Waals surface area (Å²) in [5.41, 5.74) is 2.34. The van der Waals surface area contributed by atoms with E-state index in [0.717, 1.165) is 10.1 Å². The quantitative estimate of drug-likeness (QED) is 0.568. The summed E-state index contributed by atoms with van der Waals surface area (Å²) in [7, 11) is -1.94. The van der Waals surface area contributed by atoms with Crippen LogP contribution < -0.4 is 10.6 Å². The molecule has 0 saturated heterocycles. The molecule has 27 heavy (non-hydrogen) atoms. The Morgan fingerprint density at radius 3 is 1.81 bits per heavy atom. The van der Waals surface area contributed by atoms with Crippen LogP contribution in [0.1, 0.15) is 5.56 Å². The highest BCUT2D eigenvalue weighted by Crippen LogP contribution is 2.57. The number of rotatable bonds is 5. The molecule has 3 aromatic rings. The maximum atomic E-state index is 13.3. The molecule has 1 aliphatic carbocycles. The van der Waals surface area contributed by atoms with Crippen LogP contribution >= 0.6 is 7.92 Å². The Morgan fingerprint density at radius 1 is 0.704 bits per heavy atom. The average Bonchev–Trinajstić information content (AvgIpc) is 3.19. The molecule has 1 nitrogen and oxygen atoms in total. The van der Waals surface area contributed by atoms with Crippen molar-refractivity contribution in [2.45, 2.75) is 11.8 Å². The molecular formula is C24H20OPS. The van der Waals surface area contributed by atoms with Gasteiger partial charge in [0.15, 0.2) is 0 Å². The Kier molecular flexibility index (Phi) is 5.86. The van der Waals surface area contributed by atoms with Crippen molar-refractivity contribution in [3.8, 4) is 0 Å². The van der Waals surface area contributed by atoms with Crippen LogP contribution in [0.5, 0.6) is 0 Å². The van der Waals surface area contributed by atoms with E-state index in [9.17, 15) is 4.21 Å². The van der Waals surface area contributed by atoms with Crippen molar-refractivity contribution in [3.05, 3.63) is 121 Å². The highest BCUT2D eigenvalue weighted by Gasteiger charge is 2.40. The summed E-state index contributed by atoms with van der Waals surface area (Å²) in [6.45, 7) is 2.05. The van der Waals surface area contributed by atoms with Gasteiger partial charge in [-0.1, -0.05) is 78.4 Å². The van der Waals surface area contributed by atoms with Crippen LogP contribution in [0.15, 0.2) is 89.8 Å². The molecule has 0 aromatic heterocycles. The minimum atomic E-state index is -1.19. The minimum absolute atomic E-state index is 0.752. The lowest BCUT2D eigenvalue weighted by Crippen LogP contribution is -2.20. The zero-order valence-corrected chi connectivity index (χ0v) is 16.8. The predicted octanol–water partition coefficient (Wildman–Crippen LogP) is 4.93. The van der Waals surface area contributed by atoms with Gasteiger partial charge in [0.1, 0.15) is 0 Å². The van der Waals surface area contributed by atoms with Gasteiger partial charge in [0.2, 0.25) is 0 Å². The van der Waals surface area contributed by atoms with Crippen molar-refractivity contribution in [1.29, 1.82) is 0 Å². The molecule has 133 valence electrons. The van der Waals surface area contributed by atoms with Gasteiger partial charge in [0, 0.05) is 10.6 Å². The monoisotopic (exact) mass is 387 g/mol. The van der Waals surface area contributed by atoms with Crippen molar-refractivity contribution in [1.82, 2.24) is 0 Å². The molecule has 4 rings (SSSR count). The van der Waals surface area contributed by atoms with E-state index in [4.69, 9.17) is 0 Å². The highest BCUT2D eigenvalue weighted by molar-refractivity contribution is 7.90. The van der Waals surface area contributed by atoms with E-state index in [2.05, 4.69) is 55.0 Å². The second-order valence-corrected chi connectivity index (χ2v) is 10.00. The van der Waals surface area contributed by atoms with Gasteiger partial charge >= 0.3 is 0 Å². The largest absolute Gasteiger partial charge is 0.254 e. The molecule has 0 N–H and O–H groups in total. The minimum Gasteiger partial charge on any atom is -0.254 e. The van der Waals surface area contributed by atoms with Gasteiger partial charge in [0.05, 0.1) is 16.0 Å². The number of hydrogen-bond acceptors (Lipinski definition) is 1. The van der Waals surface area contributed by atoms with Gasteiger partial charge in [-0.15, -0.1) is 0 Å². The van der Waals surface area contributed by atoms with E-state index < -0.39 is 18.7 Å². The lowest BCUT2D eigenvalue weighted by Gasteiger charge is -2.28. The molecule has 5 radical (unpaired) electrons. The highest BCUT2D eigenvalue weighted by atomic mass is 32.2. The molecule has 0 amide bonds. The summed E-state index contributed by atoms with van der Waals surface area (Å²) in [5, 5.41) is 3.46. The molecule has 0 spiro atoms. The lowest BCUT2D eigenvalue weighted by atomic mass is 10.2. The summed E-state index contributed by atoms with van der Waals surface area (Å²) in [4.78, 5) is 0.851. The van der Waals surface area contributed by atoms with Gasteiger partial charge in [-0.25, -0.2) is 0 Å². The fraction of sp³-hybridized carbons (Fsp3) is 0.0417. The third-order valence-corrected chi connectivity index (χ3v) is 8.57. The Hall–Kier alpha value is -1.76. The fourth-order valence-corrected chi connectivity index (χ4v) is 7.05. The summed E-state index contributed by atoms with van der Waals surface area (Å²) in [5.74, 6) is 0. The summed E-state index contributed by atoms with van der Waals surface area (Å²) >= 11 is 0. The number of benzene rings is 3. The SMILES string of the molecule is Cc1ccc([S@](=O)[C]2[CH][CH][CH][C]2P(c2ccccc2)c2ccccc2)cc1. The van der Waals surface area contributed by atoms with Crippen molar-refractivity contribution in [2.24, 2.45) is 0 Å². The van der Waals surface area contributed by atoms with Crippen LogP contribution in [-0.4, -0.2) is 4.21 Å². The number of aryl methyl sites for hydroxylation is 1. The van der Waals surface area contributed by atoms with Crippen LogP contribution in [0.2, 0.25) is 0 Å². The zero-order valence-electron chi connectivity index (χ0n) is 15.1. The van der Waals surface area contributed by atoms with Crippen LogP contribution in [0.25, 0.3) is 0 Å². The van der Waals surface area contributed by atoms with Crippen LogP contribution in [0.3, 0.4) is 0 Å². The van der Waals surface area contributed by atoms with Gasteiger partial charge in [-0.05, 0) is 56.8 Å². The van der Waals surface area contributed by atoms with Crippen molar-refractivity contribution < 1.29 is 4.21 Å². The fourth-order valence-electron chi connectivity index (χ4n) is 3.11. The smallest absolute Gasteiger partial charge is 0.0840 e. The van der Waals surface area contributed by atoms with Gasteiger partial charge in [-0.3, -0.25) is 4.21 Å². The molecule has 3 aromatic carbocycles. The molecule has 3 heteroatoms.